The van der Waals surface area contributed by atoms with Crippen LogP contribution in [0.4, 0.5) is 16.2 Å². The van der Waals surface area contributed by atoms with Crippen molar-refractivity contribution in [1.29, 1.82) is 0 Å². The summed E-state index contributed by atoms with van der Waals surface area (Å²) >= 11 is 0. The smallest absolute Gasteiger partial charge is 0.372 e. The van der Waals surface area contributed by atoms with Gasteiger partial charge in [0.05, 0.1) is 5.69 Å². The number of amides is 3. The number of hydrogen-bond donors (Lipinski definition) is 1. The number of rotatable bonds is 6. The standard InChI is InChI=1S/C23H27N3O4/c1-5-25(6-2)18-12-8-10-16(4)22(18)21-15(3)9-7-11-17(21)24-23(29)30-26-19(27)13-14-20(26)28/h7-12H,5-6,13-14H2,1-4H3,(H,24,29). The van der Waals surface area contributed by atoms with Gasteiger partial charge in [-0.05, 0) is 51.0 Å². The number of hydroxylamine groups is 2. The van der Waals surface area contributed by atoms with Crippen molar-refractivity contribution >= 4 is 29.3 Å². The zero-order valence-corrected chi connectivity index (χ0v) is 17.8. The first-order valence-corrected chi connectivity index (χ1v) is 10.2. The van der Waals surface area contributed by atoms with Crippen LogP contribution in [0.1, 0.15) is 37.8 Å². The highest BCUT2D eigenvalue weighted by Gasteiger charge is 2.33. The first-order valence-electron chi connectivity index (χ1n) is 10.2. The van der Waals surface area contributed by atoms with E-state index in [1.54, 1.807) is 6.07 Å². The van der Waals surface area contributed by atoms with Gasteiger partial charge < -0.3 is 9.74 Å². The van der Waals surface area contributed by atoms with Crippen molar-refractivity contribution in [3.63, 3.8) is 0 Å². The summed E-state index contributed by atoms with van der Waals surface area (Å²) in [5.41, 5.74) is 5.62. The van der Waals surface area contributed by atoms with Gasteiger partial charge in [-0.15, -0.1) is 5.06 Å². The number of benzene rings is 2. The summed E-state index contributed by atoms with van der Waals surface area (Å²) < 4.78 is 0. The summed E-state index contributed by atoms with van der Waals surface area (Å²) in [6.07, 6.45) is -0.764. The van der Waals surface area contributed by atoms with Crippen molar-refractivity contribution in [2.45, 2.75) is 40.5 Å². The summed E-state index contributed by atoms with van der Waals surface area (Å²) in [6.45, 7) is 9.93. The maximum atomic E-state index is 12.5. The number of aryl methyl sites for hydroxylation is 2. The second-order valence-corrected chi connectivity index (χ2v) is 7.22. The highest BCUT2D eigenvalue weighted by Crippen LogP contribution is 2.40. The molecule has 0 radical (unpaired) electrons. The molecule has 1 heterocycles. The molecule has 2 aromatic carbocycles. The lowest BCUT2D eigenvalue weighted by Gasteiger charge is -2.27. The average Bonchev–Trinajstić information content (AvgIpc) is 3.02. The quantitative estimate of drug-likeness (QED) is 0.714. The van der Waals surface area contributed by atoms with Crippen LogP contribution in [-0.4, -0.2) is 36.1 Å². The van der Waals surface area contributed by atoms with Crippen LogP contribution in [-0.2, 0) is 14.4 Å². The van der Waals surface area contributed by atoms with Crippen molar-refractivity contribution in [2.75, 3.05) is 23.3 Å². The fourth-order valence-corrected chi connectivity index (χ4v) is 3.78. The minimum atomic E-state index is -0.872. The Hall–Kier alpha value is -3.35. The molecule has 7 nitrogen and oxygen atoms in total. The normalized spacial score (nSPS) is 13.5. The Balaban J connectivity index is 2.00. The molecule has 0 saturated carbocycles. The molecule has 1 aliphatic heterocycles. The van der Waals surface area contributed by atoms with E-state index in [-0.39, 0.29) is 12.8 Å². The Labute approximate surface area is 176 Å². The van der Waals surface area contributed by atoms with Crippen LogP contribution < -0.4 is 10.2 Å². The molecule has 3 rings (SSSR count). The zero-order valence-electron chi connectivity index (χ0n) is 17.8. The molecule has 1 N–H and O–H groups in total. The van der Waals surface area contributed by atoms with Gasteiger partial charge in [-0.1, -0.05) is 24.3 Å². The Morgan fingerprint density at radius 2 is 1.53 bits per heavy atom. The molecule has 0 atom stereocenters. The zero-order chi connectivity index (χ0) is 21.8. The number of imide groups is 1. The van der Waals surface area contributed by atoms with Gasteiger partial charge in [-0.3, -0.25) is 14.9 Å². The molecular formula is C23H27N3O4. The predicted octanol–water partition coefficient (Wildman–Crippen LogP) is 4.43. The summed E-state index contributed by atoms with van der Waals surface area (Å²) in [6, 6.07) is 11.8. The molecule has 0 bridgehead atoms. The van der Waals surface area contributed by atoms with Crippen molar-refractivity contribution in [1.82, 2.24) is 5.06 Å². The molecule has 1 fully saturated rings. The van der Waals surface area contributed by atoms with Gasteiger partial charge in [0.15, 0.2) is 0 Å². The average molecular weight is 409 g/mol. The monoisotopic (exact) mass is 409 g/mol. The minimum Gasteiger partial charge on any atom is -0.372 e. The first kappa shape index (κ1) is 21.4. The third-order valence-corrected chi connectivity index (χ3v) is 5.29. The largest absolute Gasteiger partial charge is 0.436 e. The van der Waals surface area contributed by atoms with E-state index in [4.69, 9.17) is 4.84 Å². The number of nitrogens with one attached hydrogen (secondary N) is 1. The SMILES string of the molecule is CCN(CC)c1cccc(C)c1-c1c(C)cccc1NC(=O)ON1C(=O)CCC1=O. The van der Waals surface area contributed by atoms with E-state index in [0.29, 0.717) is 10.8 Å². The number of hydrogen-bond acceptors (Lipinski definition) is 5. The highest BCUT2D eigenvalue weighted by molar-refractivity contribution is 6.03. The van der Waals surface area contributed by atoms with Crippen LogP contribution in [0.25, 0.3) is 11.1 Å². The maximum Gasteiger partial charge on any atom is 0.436 e. The fourth-order valence-electron chi connectivity index (χ4n) is 3.78. The van der Waals surface area contributed by atoms with Crippen LogP contribution >= 0.6 is 0 Å². The van der Waals surface area contributed by atoms with Crippen LogP contribution in [0.5, 0.6) is 0 Å². The third-order valence-electron chi connectivity index (χ3n) is 5.29. The van der Waals surface area contributed by atoms with Crippen molar-refractivity contribution in [3.05, 3.63) is 47.5 Å². The van der Waals surface area contributed by atoms with Crippen LogP contribution in [0.15, 0.2) is 36.4 Å². The third kappa shape index (κ3) is 4.15. The highest BCUT2D eigenvalue weighted by atomic mass is 16.7. The molecule has 30 heavy (non-hydrogen) atoms. The van der Waals surface area contributed by atoms with E-state index >= 15 is 0 Å². The van der Waals surface area contributed by atoms with E-state index in [1.807, 2.05) is 38.1 Å². The Morgan fingerprint density at radius 1 is 0.967 bits per heavy atom. The maximum absolute atomic E-state index is 12.5. The predicted molar refractivity (Wildman–Crippen MR) is 116 cm³/mol. The van der Waals surface area contributed by atoms with E-state index < -0.39 is 17.9 Å². The molecule has 0 aliphatic carbocycles. The van der Waals surface area contributed by atoms with Crippen LogP contribution in [0.3, 0.4) is 0 Å². The van der Waals surface area contributed by atoms with E-state index in [0.717, 1.165) is 41.0 Å². The number of carbonyl (C=O) groups excluding carboxylic acids is 3. The minimum absolute atomic E-state index is 0.0538. The molecule has 158 valence electrons. The summed E-state index contributed by atoms with van der Waals surface area (Å²) in [5, 5.41) is 3.26. The molecule has 2 aromatic rings. The van der Waals surface area contributed by atoms with Crippen LogP contribution in [0, 0.1) is 13.8 Å². The lowest BCUT2D eigenvalue weighted by Crippen LogP contribution is -2.34. The second-order valence-electron chi connectivity index (χ2n) is 7.22. The van der Waals surface area contributed by atoms with Gasteiger partial charge in [0, 0.05) is 42.7 Å². The molecule has 0 spiro atoms. The van der Waals surface area contributed by atoms with E-state index in [1.165, 1.54) is 0 Å². The summed E-state index contributed by atoms with van der Waals surface area (Å²) in [5.74, 6) is -1.02. The van der Waals surface area contributed by atoms with Crippen LogP contribution in [0.2, 0.25) is 0 Å². The molecule has 1 aliphatic rings. The fraction of sp³-hybridized carbons (Fsp3) is 0.348. The Kier molecular flexibility index (Phi) is 6.40. The number of nitrogens with zero attached hydrogens (tertiary/aromatic N) is 2. The molecule has 1 saturated heterocycles. The molecule has 3 amide bonds. The lowest BCUT2D eigenvalue weighted by molar-refractivity contribution is -0.170. The van der Waals surface area contributed by atoms with Gasteiger partial charge in [-0.2, -0.15) is 0 Å². The van der Waals surface area contributed by atoms with E-state index in [2.05, 4.69) is 30.1 Å². The molecule has 0 aromatic heterocycles. The van der Waals surface area contributed by atoms with Gasteiger partial charge in [-0.25, -0.2) is 4.79 Å². The summed E-state index contributed by atoms with van der Waals surface area (Å²) in [7, 11) is 0. The Morgan fingerprint density at radius 3 is 2.13 bits per heavy atom. The first-order chi connectivity index (χ1) is 14.4. The van der Waals surface area contributed by atoms with Gasteiger partial charge >= 0.3 is 6.09 Å². The molecule has 7 heteroatoms. The Bertz CT molecular complexity index is 966. The van der Waals surface area contributed by atoms with Gasteiger partial charge in [0.1, 0.15) is 0 Å². The molecule has 0 unspecified atom stereocenters. The van der Waals surface area contributed by atoms with Crippen molar-refractivity contribution in [3.8, 4) is 11.1 Å². The number of carbonyl (C=O) groups is 3. The second kappa shape index (κ2) is 8.98. The topological polar surface area (TPSA) is 79.0 Å². The van der Waals surface area contributed by atoms with Crippen molar-refractivity contribution < 1.29 is 19.2 Å². The number of anilines is 2. The van der Waals surface area contributed by atoms with Gasteiger partial charge in [0.2, 0.25) is 0 Å². The van der Waals surface area contributed by atoms with Crippen molar-refractivity contribution in [2.24, 2.45) is 0 Å². The van der Waals surface area contributed by atoms with E-state index in [9.17, 15) is 14.4 Å². The molecular weight excluding hydrogens is 382 g/mol. The summed E-state index contributed by atoms with van der Waals surface area (Å²) in [4.78, 5) is 43.2. The lowest BCUT2D eigenvalue weighted by atomic mass is 9.92. The van der Waals surface area contributed by atoms with Gasteiger partial charge in [0.25, 0.3) is 11.8 Å².